The Labute approximate surface area is 119 Å². The average molecular weight is 282 g/mol. The van der Waals surface area contributed by atoms with E-state index >= 15 is 0 Å². The number of rotatable bonds is 1. The number of nitrogens with one attached hydrogen (secondary N) is 1. The predicted octanol–water partition coefficient (Wildman–Crippen LogP) is 5.35. The third-order valence-corrected chi connectivity index (χ3v) is 3.44. The number of aromatic nitrogens is 2. The summed E-state index contributed by atoms with van der Waals surface area (Å²) in [6.45, 7) is 11.8. The minimum Gasteiger partial charge on any atom is -0.278 e. The van der Waals surface area contributed by atoms with Crippen LogP contribution in [0.4, 0.5) is 8.78 Å². The standard InChI is InChI=1S/C12H12F2N2.2C2H6/c1-6-3-10-8(5-15-16-10)7(2)11(6)9-4-12(9,13)14;2*1-2/h3,5,9H,4H2,1-2H3,(H,15,16);2*1-2H3. The van der Waals surface area contributed by atoms with Gasteiger partial charge in [0.15, 0.2) is 0 Å². The topological polar surface area (TPSA) is 28.7 Å². The summed E-state index contributed by atoms with van der Waals surface area (Å²) in [7, 11) is 0. The first-order valence-corrected chi connectivity index (χ1v) is 7.31. The zero-order chi connectivity index (χ0) is 15.5. The number of nitrogens with zero attached hydrogens (tertiary/aromatic N) is 1. The van der Waals surface area contributed by atoms with Crippen LogP contribution in [-0.4, -0.2) is 16.1 Å². The Morgan fingerprint density at radius 2 is 1.75 bits per heavy atom. The van der Waals surface area contributed by atoms with E-state index in [1.54, 1.807) is 6.20 Å². The van der Waals surface area contributed by atoms with Crippen LogP contribution in [0.3, 0.4) is 0 Å². The highest BCUT2D eigenvalue weighted by Crippen LogP contribution is 2.57. The van der Waals surface area contributed by atoms with E-state index in [9.17, 15) is 8.78 Å². The summed E-state index contributed by atoms with van der Waals surface area (Å²) in [5.41, 5.74) is 3.59. The van der Waals surface area contributed by atoms with Crippen molar-refractivity contribution >= 4 is 10.9 Å². The fourth-order valence-corrected chi connectivity index (χ4v) is 2.50. The van der Waals surface area contributed by atoms with Gasteiger partial charge in [0, 0.05) is 11.8 Å². The maximum Gasteiger partial charge on any atom is 0.255 e. The number of fused-ring (bicyclic) bond motifs is 1. The monoisotopic (exact) mass is 282 g/mol. The fourth-order valence-electron chi connectivity index (χ4n) is 2.50. The van der Waals surface area contributed by atoms with Gasteiger partial charge in [-0.15, -0.1) is 0 Å². The summed E-state index contributed by atoms with van der Waals surface area (Å²) in [5, 5.41) is 7.77. The summed E-state index contributed by atoms with van der Waals surface area (Å²) >= 11 is 0. The van der Waals surface area contributed by atoms with Crippen molar-refractivity contribution in [2.24, 2.45) is 0 Å². The number of hydrogen-bond donors (Lipinski definition) is 1. The quantitative estimate of drug-likeness (QED) is 0.750. The molecule has 0 spiro atoms. The average Bonchev–Trinajstić information content (AvgIpc) is 2.86. The molecule has 112 valence electrons. The van der Waals surface area contributed by atoms with E-state index in [2.05, 4.69) is 10.2 Å². The molecular weight excluding hydrogens is 258 g/mol. The molecule has 1 heterocycles. The second kappa shape index (κ2) is 6.33. The molecule has 0 amide bonds. The molecule has 1 atom stereocenters. The first-order chi connectivity index (χ1) is 9.50. The van der Waals surface area contributed by atoms with Crippen molar-refractivity contribution in [2.45, 2.75) is 59.8 Å². The molecule has 0 bridgehead atoms. The molecule has 1 aromatic carbocycles. The summed E-state index contributed by atoms with van der Waals surface area (Å²) < 4.78 is 26.3. The van der Waals surface area contributed by atoms with Gasteiger partial charge in [0.1, 0.15) is 0 Å². The van der Waals surface area contributed by atoms with Gasteiger partial charge in [-0.05, 0) is 36.6 Å². The van der Waals surface area contributed by atoms with Crippen LogP contribution in [0.15, 0.2) is 12.3 Å². The van der Waals surface area contributed by atoms with Gasteiger partial charge in [-0.3, -0.25) is 5.10 Å². The molecule has 2 nitrogen and oxygen atoms in total. The normalized spacial score (nSPS) is 18.7. The number of aromatic amines is 1. The molecule has 1 aromatic heterocycles. The summed E-state index contributed by atoms with van der Waals surface area (Å²) in [4.78, 5) is 0. The number of hydrogen-bond acceptors (Lipinski definition) is 1. The van der Waals surface area contributed by atoms with Gasteiger partial charge in [-0.25, -0.2) is 8.78 Å². The molecule has 4 heteroatoms. The molecule has 1 N–H and O–H groups in total. The lowest BCUT2D eigenvalue weighted by atomic mass is 9.95. The minimum absolute atomic E-state index is 0.0158. The van der Waals surface area contributed by atoms with Crippen molar-refractivity contribution in [3.05, 3.63) is 29.0 Å². The lowest BCUT2D eigenvalue weighted by molar-refractivity contribution is 0.112. The Kier molecular flexibility index (Phi) is 5.26. The summed E-state index contributed by atoms with van der Waals surface area (Å²) in [6.07, 6.45) is 1.69. The van der Waals surface area contributed by atoms with Crippen molar-refractivity contribution in [2.75, 3.05) is 0 Å². The molecule has 20 heavy (non-hydrogen) atoms. The molecular formula is C16H24F2N2. The Morgan fingerprint density at radius 3 is 2.25 bits per heavy atom. The second-order valence-corrected chi connectivity index (χ2v) is 4.58. The summed E-state index contributed by atoms with van der Waals surface area (Å²) in [6, 6.07) is 1.90. The Morgan fingerprint density at radius 1 is 1.20 bits per heavy atom. The van der Waals surface area contributed by atoms with E-state index in [1.807, 2.05) is 47.6 Å². The molecule has 1 saturated carbocycles. The van der Waals surface area contributed by atoms with Crippen LogP contribution in [0.25, 0.3) is 10.9 Å². The zero-order valence-corrected chi connectivity index (χ0v) is 13.1. The zero-order valence-electron chi connectivity index (χ0n) is 13.1. The first kappa shape index (κ1) is 16.6. The maximum absolute atomic E-state index is 13.1. The van der Waals surface area contributed by atoms with E-state index in [-0.39, 0.29) is 6.42 Å². The van der Waals surface area contributed by atoms with Crippen LogP contribution in [0, 0.1) is 13.8 Å². The largest absolute Gasteiger partial charge is 0.278 e. The van der Waals surface area contributed by atoms with Crippen LogP contribution in [0.1, 0.15) is 56.7 Å². The second-order valence-electron chi connectivity index (χ2n) is 4.58. The molecule has 1 aliphatic carbocycles. The molecule has 2 aromatic rings. The van der Waals surface area contributed by atoms with Gasteiger partial charge in [0.05, 0.1) is 17.6 Å². The predicted molar refractivity (Wildman–Crippen MR) is 80.6 cm³/mol. The van der Waals surface area contributed by atoms with Crippen molar-refractivity contribution in [3.8, 4) is 0 Å². The van der Waals surface area contributed by atoms with Gasteiger partial charge < -0.3 is 0 Å². The Hall–Kier alpha value is -1.45. The molecule has 3 rings (SSSR count). The molecule has 0 aliphatic heterocycles. The van der Waals surface area contributed by atoms with Gasteiger partial charge in [-0.2, -0.15) is 5.10 Å². The number of halogens is 2. The van der Waals surface area contributed by atoms with E-state index < -0.39 is 11.8 Å². The van der Waals surface area contributed by atoms with Crippen LogP contribution in [0.5, 0.6) is 0 Å². The smallest absolute Gasteiger partial charge is 0.255 e. The van der Waals surface area contributed by atoms with Crippen molar-refractivity contribution in [1.82, 2.24) is 10.2 Å². The molecule has 1 aliphatic rings. The third-order valence-electron chi connectivity index (χ3n) is 3.44. The molecule has 0 radical (unpaired) electrons. The number of H-pyrrole nitrogens is 1. The van der Waals surface area contributed by atoms with E-state index in [0.29, 0.717) is 0 Å². The van der Waals surface area contributed by atoms with E-state index in [1.165, 1.54) is 0 Å². The Bertz CT molecular complexity index is 573. The third kappa shape index (κ3) is 2.84. The number of alkyl halides is 2. The number of aryl methyl sites for hydroxylation is 2. The molecule has 1 unspecified atom stereocenters. The van der Waals surface area contributed by atoms with Gasteiger partial charge in [-0.1, -0.05) is 27.7 Å². The van der Waals surface area contributed by atoms with Crippen molar-refractivity contribution in [3.63, 3.8) is 0 Å². The summed E-state index contributed by atoms with van der Waals surface area (Å²) in [5.74, 6) is -3.10. The maximum atomic E-state index is 13.1. The highest BCUT2D eigenvalue weighted by Gasteiger charge is 2.58. The van der Waals surface area contributed by atoms with Crippen molar-refractivity contribution < 1.29 is 8.78 Å². The fraction of sp³-hybridized carbons (Fsp3) is 0.562. The van der Waals surface area contributed by atoms with Gasteiger partial charge in [0.2, 0.25) is 0 Å². The van der Waals surface area contributed by atoms with Crippen LogP contribution in [0.2, 0.25) is 0 Å². The Balaban J connectivity index is 0.000000461. The van der Waals surface area contributed by atoms with Crippen LogP contribution >= 0.6 is 0 Å². The van der Waals surface area contributed by atoms with Gasteiger partial charge in [0.25, 0.3) is 5.92 Å². The van der Waals surface area contributed by atoms with E-state index in [4.69, 9.17) is 0 Å². The van der Waals surface area contributed by atoms with Crippen LogP contribution in [-0.2, 0) is 0 Å². The molecule has 0 saturated heterocycles. The van der Waals surface area contributed by atoms with E-state index in [0.717, 1.165) is 27.6 Å². The number of benzene rings is 1. The highest BCUT2D eigenvalue weighted by atomic mass is 19.3. The van der Waals surface area contributed by atoms with Gasteiger partial charge >= 0.3 is 0 Å². The first-order valence-electron chi connectivity index (χ1n) is 7.31. The minimum atomic E-state index is -2.51. The lowest BCUT2D eigenvalue weighted by Gasteiger charge is -2.10. The lowest BCUT2D eigenvalue weighted by Crippen LogP contribution is -1.98. The molecule has 1 fully saturated rings. The SMILES string of the molecule is CC.CC.Cc1cc2[nH]ncc2c(C)c1C1CC1(F)F. The van der Waals surface area contributed by atoms with Crippen LogP contribution < -0.4 is 0 Å². The highest BCUT2D eigenvalue weighted by molar-refractivity contribution is 5.84. The van der Waals surface area contributed by atoms with Crippen molar-refractivity contribution in [1.29, 1.82) is 0 Å².